The molecule has 0 aliphatic carbocycles. The molecule has 1 aliphatic rings. The lowest BCUT2D eigenvalue weighted by atomic mass is 9.98. The summed E-state index contributed by atoms with van der Waals surface area (Å²) in [7, 11) is 0. The fraction of sp³-hybridized carbons (Fsp3) is 0.400. The Morgan fingerprint density at radius 3 is 3.15 bits per heavy atom. The second kappa shape index (κ2) is 3.68. The molecule has 0 radical (unpaired) electrons. The normalized spacial score (nSPS) is 19.7. The van der Waals surface area contributed by atoms with Gasteiger partial charge in [-0.2, -0.15) is 0 Å². The summed E-state index contributed by atoms with van der Waals surface area (Å²) in [5, 5.41) is 0. The lowest BCUT2D eigenvalue weighted by Gasteiger charge is -2.05. The zero-order valence-corrected chi connectivity index (χ0v) is 8.88. The molecular weight excluding hydrogens is 230 g/mol. The quantitative estimate of drug-likeness (QED) is 0.863. The van der Waals surface area contributed by atoms with Crippen molar-refractivity contribution in [2.45, 2.75) is 12.3 Å². The molecule has 1 aromatic carbocycles. The highest BCUT2D eigenvalue weighted by Crippen LogP contribution is 2.40. The molecule has 0 saturated carbocycles. The summed E-state index contributed by atoms with van der Waals surface area (Å²) in [6, 6.07) is 6.16. The van der Waals surface area contributed by atoms with E-state index < -0.39 is 0 Å². The molecule has 0 amide bonds. The first-order valence-corrected chi connectivity index (χ1v) is 5.23. The Bertz CT molecular complexity index is 314. The van der Waals surface area contributed by atoms with E-state index in [9.17, 15) is 0 Å². The maximum Gasteiger partial charge on any atom is 0.137 e. The molecule has 1 aromatic rings. The third kappa shape index (κ3) is 1.58. The molecule has 0 aromatic heterocycles. The van der Waals surface area contributed by atoms with Gasteiger partial charge in [0.05, 0.1) is 11.1 Å². The summed E-state index contributed by atoms with van der Waals surface area (Å²) in [5.41, 5.74) is 6.83. The van der Waals surface area contributed by atoms with Gasteiger partial charge < -0.3 is 10.5 Å². The fourth-order valence-electron chi connectivity index (χ4n) is 1.71. The number of halogens is 1. The standard InChI is InChI=1S/C10H12BrNO/c11-9-3-1-2-8-7(4-5-12)6-13-10(8)9/h1-3,7H,4-6,12H2. The van der Waals surface area contributed by atoms with E-state index in [4.69, 9.17) is 10.5 Å². The smallest absolute Gasteiger partial charge is 0.137 e. The highest BCUT2D eigenvalue weighted by Gasteiger charge is 2.24. The highest BCUT2D eigenvalue weighted by molar-refractivity contribution is 9.10. The Morgan fingerprint density at radius 1 is 1.54 bits per heavy atom. The van der Waals surface area contributed by atoms with Crippen LogP contribution < -0.4 is 10.5 Å². The van der Waals surface area contributed by atoms with Gasteiger partial charge in [0.2, 0.25) is 0 Å². The number of hydrogen-bond donors (Lipinski definition) is 1. The average Bonchev–Trinajstić information content (AvgIpc) is 2.51. The van der Waals surface area contributed by atoms with Crippen molar-refractivity contribution in [2.24, 2.45) is 5.73 Å². The molecule has 0 fully saturated rings. The third-order valence-electron chi connectivity index (χ3n) is 2.38. The zero-order valence-electron chi connectivity index (χ0n) is 7.29. The summed E-state index contributed by atoms with van der Waals surface area (Å²) in [4.78, 5) is 0. The summed E-state index contributed by atoms with van der Waals surface area (Å²) < 4.78 is 6.64. The average molecular weight is 242 g/mol. The molecular formula is C10H12BrNO. The van der Waals surface area contributed by atoms with Crippen LogP contribution in [0.2, 0.25) is 0 Å². The van der Waals surface area contributed by atoms with Crippen LogP contribution in [0.25, 0.3) is 0 Å². The van der Waals surface area contributed by atoms with Gasteiger partial charge >= 0.3 is 0 Å². The van der Waals surface area contributed by atoms with Gasteiger partial charge in [-0.3, -0.25) is 0 Å². The molecule has 0 bridgehead atoms. The topological polar surface area (TPSA) is 35.2 Å². The summed E-state index contributed by atoms with van der Waals surface area (Å²) >= 11 is 3.47. The van der Waals surface area contributed by atoms with Crippen molar-refractivity contribution in [1.82, 2.24) is 0 Å². The minimum absolute atomic E-state index is 0.484. The first-order chi connectivity index (χ1) is 6.33. The van der Waals surface area contributed by atoms with Crippen LogP contribution in [0.15, 0.2) is 22.7 Å². The summed E-state index contributed by atoms with van der Waals surface area (Å²) in [6.45, 7) is 1.50. The molecule has 3 heteroatoms. The molecule has 2 N–H and O–H groups in total. The zero-order chi connectivity index (χ0) is 9.26. The molecule has 1 atom stereocenters. The molecule has 1 aliphatic heterocycles. The van der Waals surface area contributed by atoms with Gasteiger partial charge in [0.25, 0.3) is 0 Å². The number of rotatable bonds is 2. The third-order valence-corrected chi connectivity index (χ3v) is 3.01. The van der Waals surface area contributed by atoms with Crippen LogP contribution in [0.3, 0.4) is 0 Å². The number of hydrogen-bond acceptors (Lipinski definition) is 2. The molecule has 70 valence electrons. The van der Waals surface area contributed by atoms with E-state index in [2.05, 4.69) is 22.0 Å². The molecule has 0 spiro atoms. The van der Waals surface area contributed by atoms with Gasteiger partial charge in [-0.1, -0.05) is 12.1 Å². The van der Waals surface area contributed by atoms with Crippen molar-refractivity contribution in [2.75, 3.05) is 13.2 Å². The lowest BCUT2D eigenvalue weighted by Crippen LogP contribution is -2.08. The van der Waals surface area contributed by atoms with Crippen LogP contribution in [-0.4, -0.2) is 13.2 Å². The van der Waals surface area contributed by atoms with Crippen LogP contribution in [0.4, 0.5) is 0 Å². The highest BCUT2D eigenvalue weighted by atomic mass is 79.9. The van der Waals surface area contributed by atoms with Gasteiger partial charge in [-0.25, -0.2) is 0 Å². The number of ether oxygens (including phenoxy) is 1. The lowest BCUT2D eigenvalue weighted by molar-refractivity contribution is 0.325. The van der Waals surface area contributed by atoms with E-state index in [-0.39, 0.29) is 0 Å². The summed E-state index contributed by atoms with van der Waals surface area (Å²) in [6.07, 6.45) is 1.00. The van der Waals surface area contributed by atoms with E-state index >= 15 is 0 Å². The minimum Gasteiger partial charge on any atom is -0.491 e. The second-order valence-corrected chi connectivity index (χ2v) is 4.10. The van der Waals surface area contributed by atoms with Crippen LogP contribution in [0, 0.1) is 0 Å². The maximum absolute atomic E-state index is 5.59. The second-order valence-electron chi connectivity index (χ2n) is 3.24. The van der Waals surface area contributed by atoms with Crippen LogP contribution in [0.5, 0.6) is 5.75 Å². The van der Waals surface area contributed by atoms with Crippen LogP contribution in [-0.2, 0) is 0 Å². The monoisotopic (exact) mass is 241 g/mol. The van der Waals surface area contributed by atoms with E-state index in [1.807, 2.05) is 12.1 Å². The van der Waals surface area contributed by atoms with Gasteiger partial charge in [0.15, 0.2) is 0 Å². The Labute approximate surface area is 86.2 Å². The van der Waals surface area contributed by atoms with Crippen molar-refractivity contribution in [3.8, 4) is 5.75 Å². The Kier molecular flexibility index (Phi) is 2.56. The maximum atomic E-state index is 5.59. The van der Waals surface area contributed by atoms with Gasteiger partial charge in [0, 0.05) is 11.5 Å². The predicted molar refractivity (Wildman–Crippen MR) is 56.0 cm³/mol. The van der Waals surface area contributed by atoms with Crippen LogP contribution in [0.1, 0.15) is 17.9 Å². The first kappa shape index (κ1) is 9.03. The first-order valence-electron chi connectivity index (χ1n) is 4.44. The van der Waals surface area contributed by atoms with Crippen molar-refractivity contribution in [3.05, 3.63) is 28.2 Å². The SMILES string of the molecule is NCCC1COc2c(Br)cccc21. The fourth-order valence-corrected chi connectivity index (χ4v) is 2.21. The van der Waals surface area contributed by atoms with E-state index in [0.717, 1.165) is 29.8 Å². The van der Waals surface area contributed by atoms with Crippen molar-refractivity contribution in [3.63, 3.8) is 0 Å². The molecule has 2 nitrogen and oxygen atoms in total. The number of benzene rings is 1. The van der Waals surface area contributed by atoms with Crippen LogP contribution >= 0.6 is 15.9 Å². The molecule has 2 rings (SSSR count). The van der Waals surface area contributed by atoms with Crippen molar-refractivity contribution in [1.29, 1.82) is 0 Å². The predicted octanol–water partition coefficient (Wildman–Crippen LogP) is 2.27. The van der Waals surface area contributed by atoms with Gasteiger partial charge in [0.1, 0.15) is 5.75 Å². The van der Waals surface area contributed by atoms with Crippen molar-refractivity contribution < 1.29 is 4.74 Å². The molecule has 1 heterocycles. The summed E-state index contributed by atoms with van der Waals surface area (Å²) in [5.74, 6) is 1.48. The Hall–Kier alpha value is -0.540. The number of fused-ring (bicyclic) bond motifs is 1. The molecule has 0 saturated heterocycles. The van der Waals surface area contributed by atoms with E-state index in [0.29, 0.717) is 5.92 Å². The van der Waals surface area contributed by atoms with E-state index in [1.165, 1.54) is 5.56 Å². The largest absolute Gasteiger partial charge is 0.491 e. The van der Waals surface area contributed by atoms with Crippen molar-refractivity contribution >= 4 is 15.9 Å². The minimum atomic E-state index is 0.484. The van der Waals surface area contributed by atoms with Gasteiger partial charge in [-0.05, 0) is 35.0 Å². The number of nitrogens with two attached hydrogens (primary N) is 1. The Balaban J connectivity index is 2.32. The van der Waals surface area contributed by atoms with Gasteiger partial charge in [-0.15, -0.1) is 0 Å². The number of para-hydroxylation sites is 1. The molecule has 1 unspecified atom stereocenters. The van der Waals surface area contributed by atoms with E-state index in [1.54, 1.807) is 0 Å². The Morgan fingerprint density at radius 2 is 2.38 bits per heavy atom. The molecule has 13 heavy (non-hydrogen) atoms.